The second-order valence-corrected chi connectivity index (χ2v) is 6.12. The van der Waals surface area contributed by atoms with Crippen molar-refractivity contribution in [2.45, 2.75) is 13.3 Å². The third kappa shape index (κ3) is 4.15. The van der Waals surface area contributed by atoms with Gasteiger partial charge in [-0.05, 0) is 19.1 Å². The Labute approximate surface area is 111 Å². The van der Waals surface area contributed by atoms with Crippen molar-refractivity contribution in [3.63, 3.8) is 0 Å². The Morgan fingerprint density at radius 2 is 2.11 bits per heavy atom. The number of benzene rings is 1. The van der Waals surface area contributed by atoms with Crippen LogP contribution in [0.2, 0.25) is 0 Å². The molecular weight excluding hydrogens is 266 g/mol. The third-order valence-electron chi connectivity index (χ3n) is 2.43. The van der Waals surface area contributed by atoms with Crippen LogP contribution in [0.4, 0.5) is 0 Å². The molecule has 19 heavy (non-hydrogen) atoms. The lowest BCUT2D eigenvalue weighted by Gasteiger charge is -1.98. The Bertz CT molecular complexity index is 664. The molecule has 102 valence electrons. The predicted molar refractivity (Wildman–Crippen MR) is 71.0 cm³/mol. The first-order chi connectivity index (χ1) is 8.94. The van der Waals surface area contributed by atoms with E-state index in [0.29, 0.717) is 18.2 Å². The Kier molecular flexibility index (Phi) is 3.96. The smallest absolute Gasteiger partial charge is 0.247 e. The zero-order valence-corrected chi connectivity index (χ0v) is 11.6. The van der Waals surface area contributed by atoms with Gasteiger partial charge in [0.25, 0.3) is 0 Å². The monoisotopic (exact) mass is 281 g/mol. The average molecular weight is 281 g/mol. The lowest BCUT2D eigenvalue weighted by Crippen LogP contribution is -2.24. The quantitative estimate of drug-likeness (QED) is 0.888. The van der Waals surface area contributed by atoms with Crippen LogP contribution in [0.15, 0.2) is 28.7 Å². The molecule has 0 aliphatic carbocycles. The molecule has 0 spiro atoms. The molecule has 0 aliphatic heterocycles. The molecule has 1 N–H and O–H groups in total. The summed E-state index contributed by atoms with van der Waals surface area (Å²) in [6.45, 7) is 2.23. The zero-order valence-electron chi connectivity index (χ0n) is 10.8. The summed E-state index contributed by atoms with van der Waals surface area (Å²) in [6, 6.07) is 7.74. The topological polar surface area (TPSA) is 85.1 Å². The van der Waals surface area contributed by atoms with Crippen LogP contribution < -0.4 is 4.72 Å². The lowest BCUT2D eigenvalue weighted by molar-refractivity contribution is 0.502. The minimum atomic E-state index is -3.19. The van der Waals surface area contributed by atoms with Crippen molar-refractivity contribution in [2.75, 3.05) is 12.8 Å². The summed E-state index contributed by atoms with van der Waals surface area (Å²) in [5.74, 6) is 0.853. The first kappa shape index (κ1) is 13.7. The van der Waals surface area contributed by atoms with Gasteiger partial charge in [-0.25, -0.2) is 13.1 Å². The van der Waals surface area contributed by atoms with E-state index in [0.717, 1.165) is 17.4 Å². The van der Waals surface area contributed by atoms with Crippen LogP contribution >= 0.6 is 0 Å². The molecule has 0 radical (unpaired) electrons. The Balaban J connectivity index is 2.03. The van der Waals surface area contributed by atoms with Gasteiger partial charge in [0.2, 0.25) is 21.8 Å². The summed E-state index contributed by atoms with van der Waals surface area (Å²) in [6.07, 6.45) is 1.48. The highest BCUT2D eigenvalue weighted by Gasteiger charge is 2.09. The van der Waals surface area contributed by atoms with E-state index in [2.05, 4.69) is 14.9 Å². The van der Waals surface area contributed by atoms with Crippen LogP contribution in [0.3, 0.4) is 0 Å². The molecule has 0 saturated heterocycles. The van der Waals surface area contributed by atoms with Gasteiger partial charge in [-0.2, -0.15) is 0 Å². The number of hydrogen-bond acceptors (Lipinski definition) is 5. The number of aryl methyl sites for hydroxylation is 1. The fourth-order valence-corrected chi connectivity index (χ4v) is 2.07. The van der Waals surface area contributed by atoms with Gasteiger partial charge in [-0.15, -0.1) is 10.2 Å². The van der Waals surface area contributed by atoms with Gasteiger partial charge in [-0.1, -0.05) is 17.7 Å². The van der Waals surface area contributed by atoms with E-state index in [1.807, 2.05) is 31.2 Å². The maximum absolute atomic E-state index is 10.9. The van der Waals surface area contributed by atoms with Crippen molar-refractivity contribution >= 4 is 10.0 Å². The molecule has 6 nitrogen and oxygen atoms in total. The highest BCUT2D eigenvalue weighted by Crippen LogP contribution is 2.18. The normalized spacial score (nSPS) is 11.7. The molecule has 0 amide bonds. The first-order valence-electron chi connectivity index (χ1n) is 5.78. The molecule has 1 heterocycles. The van der Waals surface area contributed by atoms with Gasteiger partial charge < -0.3 is 4.42 Å². The van der Waals surface area contributed by atoms with Crippen molar-refractivity contribution < 1.29 is 12.8 Å². The summed E-state index contributed by atoms with van der Waals surface area (Å²) in [5, 5.41) is 7.84. The number of nitrogens with zero attached hydrogens (tertiary/aromatic N) is 2. The second-order valence-electron chi connectivity index (χ2n) is 4.29. The molecule has 1 aromatic heterocycles. The Hall–Kier alpha value is -1.73. The lowest BCUT2D eigenvalue weighted by atomic mass is 10.1. The van der Waals surface area contributed by atoms with E-state index in [1.54, 1.807) is 0 Å². The van der Waals surface area contributed by atoms with Crippen molar-refractivity contribution in [1.82, 2.24) is 14.9 Å². The van der Waals surface area contributed by atoms with E-state index in [4.69, 9.17) is 4.42 Å². The predicted octanol–water partition coefficient (Wildman–Crippen LogP) is 1.14. The largest absolute Gasteiger partial charge is 0.421 e. The van der Waals surface area contributed by atoms with Crippen molar-refractivity contribution in [2.24, 2.45) is 0 Å². The number of sulfonamides is 1. The SMILES string of the molecule is Cc1cccc(-c2nnc(CCNS(C)(=O)=O)o2)c1. The van der Waals surface area contributed by atoms with E-state index >= 15 is 0 Å². The number of aromatic nitrogens is 2. The summed E-state index contributed by atoms with van der Waals surface area (Å²) in [4.78, 5) is 0. The maximum Gasteiger partial charge on any atom is 0.247 e. The fraction of sp³-hybridized carbons (Fsp3) is 0.333. The Morgan fingerprint density at radius 1 is 1.32 bits per heavy atom. The highest BCUT2D eigenvalue weighted by molar-refractivity contribution is 7.88. The van der Waals surface area contributed by atoms with Gasteiger partial charge in [-0.3, -0.25) is 0 Å². The number of hydrogen-bond donors (Lipinski definition) is 1. The van der Waals surface area contributed by atoms with E-state index < -0.39 is 10.0 Å². The Morgan fingerprint density at radius 3 is 2.79 bits per heavy atom. The molecule has 0 fully saturated rings. The molecular formula is C12H15N3O3S. The fourth-order valence-electron chi connectivity index (χ4n) is 1.59. The molecule has 2 aromatic rings. The molecule has 0 bridgehead atoms. The zero-order chi connectivity index (χ0) is 13.9. The van der Waals surface area contributed by atoms with E-state index in [9.17, 15) is 8.42 Å². The first-order valence-corrected chi connectivity index (χ1v) is 7.67. The van der Waals surface area contributed by atoms with Crippen molar-refractivity contribution in [3.05, 3.63) is 35.7 Å². The van der Waals surface area contributed by atoms with Crippen LogP contribution in [-0.4, -0.2) is 31.4 Å². The standard InChI is InChI=1S/C12H15N3O3S/c1-9-4-3-5-10(8-9)12-15-14-11(18-12)6-7-13-19(2,16)17/h3-5,8,13H,6-7H2,1-2H3. The molecule has 0 atom stereocenters. The van der Waals surface area contributed by atoms with Crippen LogP contribution in [-0.2, 0) is 16.4 Å². The highest BCUT2D eigenvalue weighted by atomic mass is 32.2. The second kappa shape index (κ2) is 5.50. The van der Waals surface area contributed by atoms with Gasteiger partial charge in [0, 0.05) is 18.5 Å². The molecule has 0 saturated carbocycles. The number of nitrogens with one attached hydrogen (secondary N) is 1. The number of rotatable bonds is 5. The van der Waals surface area contributed by atoms with Gasteiger partial charge in [0.15, 0.2) is 0 Å². The summed E-state index contributed by atoms with van der Waals surface area (Å²) in [5.41, 5.74) is 1.96. The van der Waals surface area contributed by atoms with Gasteiger partial charge in [0.1, 0.15) is 0 Å². The molecule has 7 heteroatoms. The van der Waals surface area contributed by atoms with E-state index in [1.165, 1.54) is 0 Å². The maximum atomic E-state index is 10.9. The van der Waals surface area contributed by atoms with Crippen molar-refractivity contribution in [3.8, 4) is 11.5 Å². The van der Waals surface area contributed by atoms with E-state index in [-0.39, 0.29) is 6.54 Å². The summed E-state index contributed by atoms with van der Waals surface area (Å²) >= 11 is 0. The van der Waals surface area contributed by atoms with Gasteiger partial charge >= 0.3 is 0 Å². The van der Waals surface area contributed by atoms with Crippen molar-refractivity contribution in [1.29, 1.82) is 0 Å². The van der Waals surface area contributed by atoms with Crippen LogP contribution in [0, 0.1) is 6.92 Å². The van der Waals surface area contributed by atoms with Gasteiger partial charge in [0.05, 0.1) is 6.26 Å². The summed E-state index contributed by atoms with van der Waals surface area (Å²) < 4.78 is 29.7. The minimum absolute atomic E-state index is 0.244. The average Bonchev–Trinajstić information content (AvgIpc) is 2.76. The van der Waals surface area contributed by atoms with Crippen LogP contribution in [0.1, 0.15) is 11.5 Å². The third-order valence-corrected chi connectivity index (χ3v) is 3.16. The minimum Gasteiger partial charge on any atom is -0.421 e. The van der Waals surface area contributed by atoms with Crippen LogP contribution in [0.5, 0.6) is 0 Å². The van der Waals surface area contributed by atoms with Crippen LogP contribution in [0.25, 0.3) is 11.5 Å². The summed E-state index contributed by atoms with van der Waals surface area (Å²) in [7, 11) is -3.19. The molecule has 2 rings (SSSR count). The molecule has 0 aliphatic rings. The molecule has 0 unspecified atom stereocenters. The molecule has 1 aromatic carbocycles.